The fourth-order valence-corrected chi connectivity index (χ4v) is 2.12. The zero-order valence-corrected chi connectivity index (χ0v) is 11.6. The van der Waals surface area contributed by atoms with Gasteiger partial charge in [0.15, 0.2) is 0 Å². The highest BCUT2D eigenvalue weighted by molar-refractivity contribution is 6.35. The maximum atomic E-state index is 5.98. The van der Waals surface area contributed by atoms with Crippen LogP contribution in [0.1, 0.15) is 25.6 Å². The second-order valence-corrected chi connectivity index (χ2v) is 5.22. The lowest BCUT2D eigenvalue weighted by atomic mass is 10.1. The van der Waals surface area contributed by atoms with E-state index in [1.54, 1.807) is 24.3 Å². The van der Waals surface area contributed by atoms with E-state index in [0.29, 0.717) is 21.7 Å². The molecule has 0 spiro atoms. The van der Waals surface area contributed by atoms with E-state index in [2.05, 4.69) is 9.97 Å². The first-order chi connectivity index (χ1) is 8.45. The lowest BCUT2D eigenvalue weighted by Gasteiger charge is -2.09. The minimum Gasteiger partial charge on any atom is -0.384 e. The Balaban J connectivity index is 2.56. The Labute approximate surface area is 116 Å². The molecule has 0 bridgehead atoms. The Kier molecular flexibility index (Phi) is 3.73. The van der Waals surface area contributed by atoms with Crippen molar-refractivity contribution in [3.05, 3.63) is 40.1 Å². The van der Waals surface area contributed by atoms with E-state index in [0.717, 1.165) is 11.3 Å². The Morgan fingerprint density at radius 3 is 2.17 bits per heavy atom. The van der Waals surface area contributed by atoms with Crippen molar-refractivity contribution >= 4 is 29.0 Å². The molecule has 0 fully saturated rings. The van der Waals surface area contributed by atoms with Crippen LogP contribution in [-0.2, 0) is 0 Å². The smallest absolute Gasteiger partial charge is 0.133 e. The molecular weight excluding hydrogens is 269 g/mol. The lowest BCUT2D eigenvalue weighted by Crippen LogP contribution is -2.02. The highest BCUT2D eigenvalue weighted by Gasteiger charge is 2.09. The first-order valence-corrected chi connectivity index (χ1v) is 6.32. The van der Waals surface area contributed by atoms with Crippen LogP contribution in [0.5, 0.6) is 0 Å². The number of halogens is 2. The van der Waals surface area contributed by atoms with Gasteiger partial charge >= 0.3 is 0 Å². The van der Waals surface area contributed by atoms with E-state index in [4.69, 9.17) is 28.9 Å². The summed E-state index contributed by atoms with van der Waals surface area (Å²) in [7, 11) is 0. The minimum atomic E-state index is 0.210. The molecule has 2 aromatic rings. The molecule has 0 amide bonds. The van der Waals surface area contributed by atoms with Crippen molar-refractivity contribution in [2.75, 3.05) is 5.73 Å². The lowest BCUT2D eigenvalue weighted by molar-refractivity contribution is 0.779. The van der Waals surface area contributed by atoms with Gasteiger partial charge in [0.25, 0.3) is 0 Å². The average Bonchev–Trinajstić information content (AvgIpc) is 2.26. The SMILES string of the molecule is CC(C)c1nc(N)cc(-c2cc(Cl)cc(Cl)c2)n1. The molecule has 0 saturated carbocycles. The Bertz CT molecular complexity index is 562. The van der Waals surface area contributed by atoms with Crippen LogP contribution in [0.2, 0.25) is 10.0 Å². The Morgan fingerprint density at radius 2 is 1.61 bits per heavy atom. The molecule has 5 heteroatoms. The third-order valence-corrected chi connectivity index (χ3v) is 2.87. The van der Waals surface area contributed by atoms with E-state index < -0.39 is 0 Å². The van der Waals surface area contributed by atoms with Crippen LogP contribution >= 0.6 is 23.2 Å². The molecule has 18 heavy (non-hydrogen) atoms. The van der Waals surface area contributed by atoms with Crippen LogP contribution in [0.25, 0.3) is 11.3 Å². The first kappa shape index (κ1) is 13.1. The highest BCUT2D eigenvalue weighted by atomic mass is 35.5. The summed E-state index contributed by atoms with van der Waals surface area (Å²) in [6.07, 6.45) is 0. The first-order valence-electron chi connectivity index (χ1n) is 5.56. The average molecular weight is 282 g/mol. The van der Waals surface area contributed by atoms with Gasteiger partial charge in [0.05, 0.1) is 5.69 Å². The summed E-state index contributed by atoms with van der Waals surface area (Å²) in [5.74, 6) is 1.36. The molecule has 0 unspecified atom stereocenters. The number of hydrogen-bond acceptors (Lipinski definition) is 3. The highest BCUT2D eigenvalue weighted by Crippen LogP contribution is 2.27. The van der Waals surface area contributed by atoms with Crippen molar-refractivity contribution in [2.24, 2.45) is 0 Å². The number of benzene rings is 1. The van der Waals surface area contributed by atoms with Gasteiger partial charge in [0.2, 0.25) is 0 Å². The summed E-state index contributed by atoms with van der Waals surface area (Å²) in [4.78, 5) is 8.68. The second kappa shape index (κ2) is 5.12. The molecule has 1 heterocycles. The number of nitrogens with zero attached hydrogens (tertiary/aromatic N) is 2. The van der Waals surface area contributed by atoms with Crippen molar-refractivity contribution in [3.8, 4) is 11.3 Å². The van der Waals surface area contributed by atoms with Crippen LogP contribution in [0.4, 0.5) is 5.82 Å². The third-order valence-electron chi connectivity index (χ3n) is 2.44. The number of hydrogen-bond donors (Lipinski definition) is 1. The normalized spacial score (nSPS) is 10.9. The van der Waals surface area contributed by atoms with Crippen molar-refractivity contribution in [3.63, 3.8) is 0 Å². The van der Waals surface area contributed by atoms with Gasteiger partial charge in [-0.3, -0.25) is 0 Å². The Hall–Kier alpha value is -1.32. The van der Waals surface area contributed by atoms with Crippen LogP contribution in [0.15, 0.2) is 24.3 Å². The summed E-state index contributed by atoms with van der Waals surface area (Å²) in [5, 5.41) is 1.14. The topological polar surface area (TPSA) is 51.8 Å². The monoisotopic (exact) mass is 281 g/mol. The molecular formula is C13H13Cl2N3. The van der Waals surface area contributed by atoms with Gasteiger partial charge in [-0.25, -0.2) is 9.97 Å². The molecule has 0 aliphatic heterocycles. The molecule has 0 saturated heterocycles. The molecule has 3 nitrogen and oxygen atoms in total. The molecule has 2 N–H and O–H groups in total. The summed E-state index contributed by atoms with van der Waals surface area (Å²) in [6, 6.07) is 7.01. The van der Waals surface area contributed by atoms with Gasteiger partial charge in [-0.05, 0) is 18.2 Å². The molecule has 0 radical (unpaired) electrons. The summed E-state index contributed by atoms with van der Waals surface area (Å²) in [6.45, 7) is 4.03. The predicted octanol–water partition coefficient (Wildman–Crippen LogP) is 4.16. The number of rotatable bonds is 2. The molecule has 94 valence electrons. The predicted molar refractivity (Wildman–Crippen MR) is 76.0 cm³/mol. The van der Waals surface area contributed by atoms with Gasteiger partial charge < -0.3 is 5.73 Å². The number of anilines is 1. The van der Waals surface area contributed by atoms with Gasteiger partial charge in [0, 0.05) is 27.6 Å². The molecule has 0 aliphatic rings. The van der Waals surface area contributed by atoms with Crippen molar-refractivity contribution in [1.82, 2.24) is 9.97 Å². The summed E-state index contributed by atoms with van der Waals surface area (Å²) < 4.78 is 0. The van der Waals surface area contributed by atoms with Crippen LogP contribution in [0, 0.1) is 0 Å². The van der Waals surface area contributed by atoms with Crippen LogP contribution in [-0.4, -0.2) is 9.97 Å². The van der Waals surface area contributed by atoms with E-state index in [1.165, 1.54) is 0 Å². The van der Waals surface area contributed by atoms with E-state index in [1.807, 2.05) is 13.8 Å². The zero-order chi connectivity index (χ0) is 13.3. The van der Waals surface area contributed by atoms with Crippen molar-refractivity contribution < 1.29 is 0 Å². The third kappa shape index (κ3) is 2.92. The van der Waals surface area contributed by atoms with Gasteiger partial charge in [0.1, 0.15) is 11.6 Å². The standard InChI is InChI=1S/C13H13Cl2N3/c1-7(2)13-17-11(6-12(16)18-13)8-3-9(14)5-10(15)4-8/h3-7H,1-2H3,(H2,16,17,18). The fourth-order valence-electron chi connectivity index (χ4n) is 1.59. The van der Waals surface area contributed by atoms with Crippen molar-refractivity contribution in [2.45, 2.75) is 19.8 Å². The zero-order valence-electron chi connectivity index (χ0n) is 10.1. The summed E-state index contributed by atoms with van der Waals surface area (Å²) >= 11 is 12.0. The van der Waals surface area contributed by atoms with Crippen molar-refractivity contribution in [1.29, 1.82) is 0 Å². The number of aromatic nitrogens is 2. The summed E-state index contributed by atoms with van der Waals surface area (Å²) in [5.41, 5.74) is 7.36. The molecule has 0 aliphatic carbocycles. The minimum absolute atomic E-state index is 0.210. The van der Waals surface area contributed by atoms with Gasteiger partial charge in [-0.1, -0.05) is 37.0 Å². The molecule has 0 atom stereocenters. The van der Waals surface area contributed by atoms with E-state index >= 15 is 0 Å². The number of nitrogens with two attached hydrogens (primary N) is 1. The molecule has 1 aromatic carbocycles. The second-order valence-electron chi connectivity index (χ2n) is 4.35. The quantitative estimate of drug-likeness (QED) is 0.899. The number of nitrogen functional groups attached to an aromatic ring is 1. The largest absolute Gasteiger partial charge is 0.384 e. The fraction of sp³-hybridized carbons (Fsp3) is 0.231. The van der Waals surface area contributed by atoms with Crippen LogP contribution < -0.4 is 5.73 Å². The van der Waals surface area contributed by atoms with Gasteiger partial charge in [-0.15, -0.1) is 0 Å². The van der Waals surface area contributed by atoms with E-state index in [-0.39, 0.29) is 5.92 Å². The van der Waals surface area contributed by atoms with E-state index in [9.17, 15) is 0 Å². The molecule has 2 rings (SSSR count). The maximum Gasteiger partial charge on any atom is 0.133 e. The molecule has 1 aromatic heterocycles. The Morgan fingerprint density at radius 1 is 1.00 bits per heavy atom. The van der Waals surface area contributed by atoms with Crippen LogP contribution in [0.3, 0.4) is 0 Å². The maximum absolute atomic E-state index is 5.98. The van der Waals surface area contributed by atoms with Gasteiger partial charge in [-0.2, -0.15) is 0 Å².